The van der Waals surface area contributed by atoms with Gasteiger partial charge in [0, 0.05) is 63.0 Å². The van der Waals surface area contributed by atoms with Gasteiger partial charge in [-0.25, -0.2) is 14.8 Å². The van der Waals surface area contributed by atoms with E-state index >= 15 is 0 Å². The normalized spacial score (nSPS) is 12.3. The first kappa shape index (κ1) is 48.2. The molecule has 0 spiro atoms. The Morgan fingerprint density at radius 1 is 0.967 bits per heavy atom. The van der Waals surface area contributed by atoms with E-state index in [1.807, 2.05) is 43.3 Å². The van der Waals surface area contributed by atoms with E-state index in [2.05, 4.69) is 57.8 Å². The molecule has 15 nitrogen and oxygen atoms in total. The van der Waals surface area contributed by atoms with Crippen LogP contribution in [0.3, 0.4) is 0 Å². The van der Waals surface area contributed by atoms with Crippen molar-refractivity contribution in [3.63, 3.8) is 0 Å². The van der Waals surface area contributed by atoms with E-state index in [4.69, 9.17) is 9.47 Å². The van der Waals surface area contributed by atoms with Crippen LogP contribution >= 0.6 is 12.8 Å². The minimum Gasteiger partial charge on any atom is -0.520 e. The molecule has 4 aromatic rings. The van der Waals surface area contributed by atoms with Crippen molar-refractivity contribution in [3.8, 4) is 16.9 Å². The number of hydrogen-bond acceptors (Lipinski definition) is 11. The van der Waals surface area contributed by atoms with Gasteiger partial charge >= 0.3 is 0 Å². The molecule has 3 aromatic carbocycles. The summed E-state index contributed by atoms with van der Waals surface area (Å²) in [5, 5.41) is 11.1. The number of rotatable bonds is 19. The molecule has 1 aliphatic rings. The maximum atomic E-state index is 15.0. The SMILES string of the molecule is CCc1cccc(-c2cnc(C(=O)NCCOCCN([C-]=O)CC(=O)N3CCN(C(=O)c4cc(C/C(=N/NC=O)c5ccccc5C)ccc4F)CC3)c(OC)c2)c1.NS.[Fm]. The van der Waals surface area contributed by atoms with Gasteiger partial charge in [-0.15, -0.1) is 12.8 Å². The van der Waals surface area contributed by atoms with Crippen LogP contribution in [0.1, 0.15) is 50.0 Å². The molecule has 1 saturated heterocycles. The molecule has 5 amide bonds. The number of thiol groups is 1. The summed E-state index contributed by atoms with van der Waals surface area (Å²) in [4.78, 5) is 70.5. The van der Waals surface area contributed by atoms with E-state index in [0.29, 0.717) is 23.4 Å². The van der Waals surface area contributed by atoms with Crippen molar-refractivity contribution < 1.29 is 37.8 Å². The zero-order valence-corrected chi connectivity index (χ0v) is 37.4. The first-order chi connectivity index (χ1) is 29.1. The monoisotopic (exact) mass is 1100 g/mol. The number of hydrogen-bond donors (Lipinski definition) is 4. The fourth-order valence-electron chi connectivity index (χ4n) is 6.48. The number of methoxy groups -OCH3 is 1. The van der Waals surface area contributed by atoms with Gasteiger partial charge in [0.1, 0.15) is 5.82 Å². The second kappa shape index (κ2) is 24.7. The second-order valence-electron chi connectivity index (χ2n) is 13.5. The van der Waals surface area contributed by atoms with Gasteiger partial charge in [0.15, 0.2) is 11.4 Å². The van der Waals surface area contributed by atoms with E-state index in [1.165, 1.54) is 34.6 Å². The number of nitrogens with zero attached hydrogens (tertiary/aromatic N) is 5. The number of nitrogens with two attached hydrogens (primary N) is 1. The smallest absolute Gasteiger partial charge is 0.273 e. The summed E-state index contributed by atoms with van der Waals surface area (Å²) in [6.45, 7) is 5.02. The van der Waals surface area contributed by atoms with Crippen molar-refractivity contribution >= 4 is 49.1 Å². The quantitative estimate of drug-likeness (QED) is 0.0208. The maximum Gasteiger partial charge on any atom is 0.273 e. The van der Waals surface area contributed by atoms with Crippen LogP contribution < -0.4 is 20.6 Å². The molecule has 18 heteroatoms. The molecule has 2 heterocycles. The number of nitrogens with one attached hydrogen (secondary N) is 2. The van der Waals surface area contributed by atoms with Crippen molar-refractivity contribution in [2.24, 2.45) is 10.2 Å². The number of aromatic nitrogens is 1. The summed E-state index contributed by atoms with van der Waals surface area (Å²) in [6, 6.07) is 21.7. The summed E-state index contributed by atoms with van der Waals surface area (Å²) < 4.78 is 26.0. The first-order valence-electron chi connectivity index (χ1n) is 19.2. The molecular formula is C43H50FFmN8O7S-. The van der Waals surface area contributed by atoms with E-state index < -0.39 is 17.6 Å². The molecule has 1 aromatic heterocycles. The van der Waals surface area contributed by atoms with E-state index in [1.54, 1.807) is 29.6 Å². The fraction of sp³-hybridized carbons (Fsp3) is 0.326. The molecule has 5 rings (SSSR count). The molecule has 0 saturated carbocycles. The molecular weight excluding hydrogens is 1050 g/mol. The standard InChI is InChI=1S/C43H47FN7O7.Fm.H3NS/c1-4-31-9-7-10-33(22-31)34-25-39(57-3)41(46-26-34)42(55)45-14-20-58-21-19-49(29-53)27-40(54)50-15-17-51(18-16-50)43(56)36-23-32(12-13-37(36)44)24-38(48-47-28-52)35-11-6-5-8-30(35)2;;1-2/h5-13,22-23,25-26,28H,4,14-21,24,27H2,1-3H3,(H,45,55)(H,47,52);;2H,1H2/q-1;;/b48-38-;;. The Morgan fingerprint density at radius 2 is 1.70 bits per heavy atom. The predicted molar refractivity (Wildman–Crippen MR) is 229 cm³/mol. The number of hydrazone groups is 1. The average molecular weight is 1100 g/mol. The Hall–Kier alpha value is -7.17. The van der Waals surface area contributed by atoms with Gasteiger partial charge in [-0.1, -0.05) is 61.5 Å². The summed E-state index contributed by atoms with van der Waals surface area (Å²) in [5.41, 5.74) is 8.28. The van der Waals surface area contributed by atoms with Crippen molar-refractivity contribution in [2.75, 3.05) is 66.1 Å². The number of halogens is 1. The molecule has 330 valence electrons. The topological polar surface area (TPSA) is 189 Å². The van der Waals surface area contributed by atoms with Crippen molar-refractivity contribution in [1.29, 1.82) is 0 Å². The molecule has 4 N–H and O–H groups in total. The molecule has 0 atom stereocenters. The van der Waals surface area contributed by atoms with Gasteiger partial charge in [-0.05, 0) is 53.8 Å². The van der Waals surface area contributed by atoms with Gasteiger partial charge in [0.05, 0.1) is 38.1 Å². The Kier molecular flexibility index (Phi) is 19.5. The average Bonchev–Trinajstić information content (AvgIpc) is 3.29. The third-order valence-corrected chi connectivity index (χ3v) is 9.71. The Balaban J connectivity index is 0.00000326. The number of carbonyl (C=O) groups excluding carboxylic acids is 5. The van der Waals surface area contributed by atoms with Crippen molar-refractivity contribution in [2.45, 2.75) is 26.7 Å². The number of aryl methyl sites for hydroxylation is 2. The maximum absolute atomic E-state index is 15.0. The Morgan fingerprint density at radius 3 is 2.39 bits per heavy atom. The van der Waals surface area contributed by atoms with Crippen LogP contribution in [0.2, 0.25) is 0 Å². The van der Waals surface area contributed by atoms with Gasteiger partial charge in [0.2, 0.25) is 12.3 Å². The van der Waals surface area contributed by atoms with Crippen molar-refractivity contribution in [1.82, 2.24) is 30.4 Å². The fourth-order valence-corrected chi connectivity index (χ4v) is 6.48. The summed E-state index contributed by atoms with van der Waals surface area (Å²) in [7, 11) is 1.48. The largest absolute Gasteiger partial charge is 0.520 e. The molecule has 0 aliphatic carbocycles. The van der Waals surface area contributed by atoms with Crippen LogP contribution in [-0.2, 0) is 32.0 Å². The van der Waals surface area contributed by atoms with E-state index in [9.17, 15) is 28.4 Å². The third kappa shape index (κ3) is 13.4. The number of piperazine rings is 1. The summed E-state index contributed by atoms with van der Waals surface area (Å²) >= 11 is 3.03. The van der Waals surface area contributed by atoms with Crippen molar-refractivity contribution in [3.05, 3.63) is 118 Å². The molecule has 0 bridgehead atoms. The Bertz CT molecular complexity index is 2140. The van der Waals surface area contributed by atoms with Crippen LogP contribution in [0, 0.1) is 12.7 Å². The zero-order chi connectivity index (χ0) is 43.4. The zero-order valence-electron chi connectivity index (χ0n) is 34.1. The summed E-state index contributed by atoms with van der Waals surface area (Å²) in [6.07, 6.45) is 4.99. The van der Waals surface area contributed by atoms with Crippen LogP contribution in [-0.4, -0.2) is 122 Å². The first-order valence-corrected chi connectivity index (χ1v) is 19.7. The number of carbonyl (C=O) groups is 4. The van der Waals surface area contributed by atoms with Gasteiger partial charge < -0.3 is 34.3 Å². The predicted octanol–water partition coefficient (Wildman–Crippen LogP) is 3.35. The molecule has 1 aliphatic heterocycles. The number of ether oxygens (including phenoxy) is 2. The summed E-state index contributed by atoms with van der Waals surface area (Å²) in [5.74, 6) is -1.59. The van der Waals surface area contributed by atoms with Crippen LogP contribution in [0.4, 0.5) is 4.39 Å². The Labute approximate surface area is 354 Å². The van der Waals surface area contributed by atoms with Gasteiger partial charge in [-0.3, -0.25) is 24.3 Å². The van der Waals surface area contributed by atoms with E-state index in [0.717, 1.165) is 28.7 Å². The van der Waals surface area contributed by atoms with Gasteiger partial charge in [-0.2, -0.15) is 11.5 Å². The molecule has 1 fully saturated rings. The van der Waals surface area contributed by atoms with Gasteiger partial charge in [0.25, 0.3) is 11.8 Å². The van der Waals surface area contributed by atoms with Crippen LogP contribution in [0.5, 0.6) is 5.75 Å². The van der Waals surface area contributed by atoms with Crippen LogP contribution in [0.15, 0.2) is 84.1 Å². The molecule has 0 radical (unpaired) electrons. The molecule has 61 heavy (non-hydrogen) atoms. The third-order valence-electron chi connectivity index (χ3n) is 9.71. The number of amides is 5. The minimum absolute atomic E-state index is 0. The van der Waals surface area contributed by atoms with E-state index in [-0.39, 0.29) is 82.6 Å². The van der Waals surface area contributed by atoms with Crippen LogP contribution in [0.25, 0.3) is 11.1 Å². The number of pyridine rings is 1. The minimum atomic E-state index is -0.675. The molecule has 0 unspecified atom stereocenters. The second-order valence-corrected chi connectivity index (χ2v) is 13.5. The number of benzene rings is 3.